The summed E-state index contributed by atoms with van der Waals surface area (Å²) < 4.78 is 7.55. The monoisotopic (exact) mass is 296 g/mol. The maximum absolute atomic E-state index is 11.5. The molecular weight excluding hydrogens is 279 g/mol. The van der Waals surface area contributed by atoms with Crippen LogP contribution in [0.2, 0.25) is 0 Å². The van der Waals surface area contributed by atoms with Gasteiger partial charge in [0, 0.05) is 0 Å². The van der Waals surface area contributed by atoms with Crippen LogP contribution in [0.3, 0.4) is 0 Å². The molecule has 0 radical (unpaired) electrons. The summed E-state index contributed by atoms with van der Waals surface area (Å²) in [6, 6.07) is 10.1. The van der Waals surface area contributed by atoms with Crippen LogP contribution in [0, 0.1) is 11.0 Å². The van der Waals surface area contributed by atoms with Crippen LogP contribution in [0.5, 0.6) is 0 Å². The van der Waals surface area contributed by atoms with Crippen molar-refractivity contribution in [2.45, 2.75) is 26.5 Å². The second kappa shape index (κ2) is 9.01. The Morgan fingerprint density at radius 2 is 2.05 bits per heavy atom. The molecule has 2 aromatic rings. The summed E-state index contributed by atoms with van der Waals surface area (Å²) in [4.78, 5) is 14.2. The Balaban J connectivity index is 0.00000220. The Labute approximate surface area is 141 Å². The van der Waals surface area contributed by atoms with Crippen molar-refractivity contribution in [2.24, 2.45) is 0 Å². The van der Waals surface area contributed by atoms with Crippen molar-refractivity contribution in [1.82, 2.24) is 9.55 Å². The SMILES string of the molecule is CCc1[c-]n(COCCc2ccccc2)c(=S)[nH]c1=O.[Li+]. The van der Waals surface area contributed by atoms with Gasteiger partial charge in [0.25, 0.3) is 0 Å². The van der Waals surface area contributed by atoms with Gasteiger partial charge in [0.2, 0.25) is 0 Å². The summed E-state index contributed by atoms with van der Waals surface area (Å²) in [5.41, 5.74) is 1.65. The zero-order valence-electron chi connectivity index (χ0n) is 12.4. The summed E-state index contributed by atoms with van der Waals surface area (Å²) >= 11 is 5.09. The fourth-order valence-electron chi connectivity index (χ4n) is 1.83. The number of hydrogen-bond donors (Lipinski definition) is 1. The number of aryl methyl sites for hydroxylation is 1. The van der Waals surface area contributed by atoms with Crippen LogP contribution in [0.4, 0.5) is 0 Å². The van der Waals surface area contributed by atoms with Crippen LogP contribution in [0.25, 0.3) is 0 Å². The first-order valence-electron chi connectivity index (χ1n) is 6.57. The summed E-state index contributed by atoms with van der Waals surface area (Å²) in [5, 5.41) is 0. The topological polar surface area (TPSA) is 47.0 Å². The molecule has 0 saturated heterocycles. The van der Waals surface area contributed by atoms with Gasteiger partial charge in [0.15, 0.2) is 0 Å². The van der Waals surface area contributed by atoms with Gasteiger partial charge in [-0.3, -0.25) is 0 Å². The fourth-order valence-corrected chi connectivity index (χ4v) is 2.02. The molecule has 1 heterocycles. The van der Waals surface area contributed by atoms with Gasteiger partial charge in [-0.2, -0.15) is 0 Å². The molecule has 0 bridgehead atoms. The van der Waals surface area contributed by atoms with E-state index in [9.17, 15) is 4.79 Å². The molecule has 0 unspecified atom stereocenters. The molecule has 1 N–H and O–H groups in total. The van der Waals surface area contributed by atoms with Crippen LogP contribution in [0.15, 0.2) is 35.1 Å². The average Bonchev–Trinajstić information content (AvgIpc) is 2.46. The summed E-state index contributed by atoms with van der Waals surface area (Å²) in [6.45, 7) is 2.81. The number of H-pyrrole nitrogens is 1. The zero-order chi connectivity index (χ0) is 14.4. The van der Waals surface area contributed by atoms with Crippen molar-refractivity contribution in [3.63, 3.8) is 0 Å². The molecule has 21 heavy (non-hydrogen) atoms. The Morgan fingerprint density at radius 1 is 1.33 bits per heavy atom. The van der Waals surface area contributed by atoms with Gasteiger partial charge in [0.1, 0.15) is 12.3 Å². The average molecular weight is 296 g/mol. The Bertz CT molecular complexity index is 667. The first kappa shape index (κ1) is 17.9. The number of rotatable bonds is 6. The Kier molecular flexibility index (Phi) is 7.69. The van der Waals surface area contributed by atoms with Gasteiger partial charge in [-0.1, -0.05) is 49.0 Å². The third kappa shape index (κ3) is 5.29. The minimum Gasteiger partial charge on any atom is -0.412 e. The van der Waals surface area contributed by atoms with Gasteiger partial charge in [-0.15, -0.1) is 12.2 Å². The second-order valence-corrected chi connectivity index (χ2v) is 4.79. The number of aromatic amines is 1. The third-order valence-electron chi connectivity index (χ3n) is 2.96. The van der Waals surface area contributed by atoms with Crippen molar-refractivity contribution in [3.05, 3.63) is 62.8 Å². The van der Waals surface area contributed by atoms with E-state index in [1.165, 1.54) is 5.56 Å². The van der Waals surface area contributed by atoms with Crippen LogP contribution in [0.1, 0.15) is 18.1 Å². The summed E-state index contributed by atoms with van der Waals surface area (Å²) in [6.07, 6.45) is 4.44. The fraction of sp³-hybridized carbons (Fsp3) is 0.333. The molecule has 1 aromatic heterocycles. The molecule has 0 aliphatic rings. The number of hydrogen-bond acceptors (Lipinski definition) is 3. The molecule has 0 fully saturated rings. The number of nitrogens with zero attached hydrogens (tertiary/aromatic N) is 1. The minimum atomic E-state index is -0.168. The standard InChI is InChI=1S/C15H17N2O2S.Li/c1-2-13-10-17(15(20)16-14(13)18)11-19-9-8-12-6-4-3-5-7-12;/h3-7H,2,8-9,11H2,1H3,(H,16,18,20);/q-1;+1. The van der Waals surface area contributed by atoms with Gasteiger partial charge >= 0.3 is 18.9 Å². The number of ether oxygens (including phenoxy) is 1. The summed E-state index contributed by atoms with van der Waals surface area (Å²) in [5.74, 6) is 0. The van der Waals surface area contributed by atoms with Crippen LogP contribution < -0.4 is 24.4 Å². The van der Waals surface area contributed by atoms with E-state index in [0.29, 0.717) is 30.1 Å². The molecule has 0 amide bonds. The van der Waals surface area contributed by atoms with E-state index in [2.05, 4.69) is 23.3 Å². The molecule has 1 aromatic carbocycles. The zero-order valence-corrected chi connectivity index (χ0v) is 13.2. The minimum absolute atomic E-state index is 0. The smallest absolute Gasteiger partial charge is 0.412 e. The molecule has 6 heteroatoms. The van der Waals surface area contributed by atoms with Crippen molar-refractivity contribution >= 4 is 12.2 Å². The largest absolute Gasteiger partial charge is 1.00 e. The molecule has 4 nitrogen and oxygen atoms in total. The van der Waals surface area contributed by atoms with E-state index < -0.39 is 0 Å². The second-order valence-electron chi connectivity index (χ2n) is 4.40. The molecule has 0 atom stereocenters. The third-order valence-corrected chi connectivity index (χ3v) is 3.28. The number of benzene rings is 1. The predicted molar refractivity (Wildman–Crippen MR) is 80.2 cm³/mol. The van der Waals surface area contributed by atoms with Gasteiger partial charge in [0.05, 0.1) is 11.4 Å². The van der Waals surface area contributed by atoms with E-state index >= 15 is 0 Å². The number of aromatic nitrogens is 2. The molecule has 106 valence electrons. The molecule has 0 aliphatic carbocycles. The van der Waals surface area contributed by atoms with Crippen LogP contribution >= 0.6 is 12.2 Å². The van der Waals surface area contributed by atoms with E-state index in [-0.39, 0.29) is 24.4 Å². The van der Waals surface area contributed by atoms with Crippen LogP contribution in [-0.2, 0) is 24.3 Å². The molecule has 0 spiro atoms. The van der Waals surface area contributed by atoms with Gasteiger partial charge in [-0.25, -0.2) is 0 Å². The van der Waals surface area contributed by atoms with Gasteiger partial charge in [-0.05, 0) is 18.4 Å². The molecule has 2 rings (SSSR count). The van der Waals surface area contributed by atoms with E-state index in [1.807, 2.05) is 25.1 Å². The van der Waals surface area contributed by atoms with Crippen molar-refractivity contribution in [2.75, 3.05) is 6.61 Å². The van der Waals surface area contributed by atoms with Crippen molar-refractivity contribution < 1.29 is 23.6 Å². The van der Waals surface area contributed by atoms with Gasteiger partial charge < -0.3 is 19.1 Å². The van der Waals surface area contributed by atoms with Crippen molar-refractivity contribution in [3.8, 4) is 0 Å². The Morgan fingerprint density at radius 3 is 2.71 bits per heavy atom. The van der Waals surface area contributed by atoms with E-state index in [4.69, 9.17) is 17.0 Å². The van der Waals surface area contributed by atoms with Crippen LogP contribution in [-0.4, -0.2) is 16.2 Å². The predicted octanol–water partition coefficient (Wildman–Crippen LogP) is -0.511. The summed E-state index contributed by atoms with van der Waals surface area (Å²) in [7, 11) is 0. The molecule has 0 aliphatic heterocycles. The first-order valence-corrected chi connectivity index (χ1v) is 6.98. The maximum Gasteiger partial charge on any atom is 1.00 e. The molecule has 0 saturated carbocycles. The van der Waals surface area contributed by atoms with E-state index in [1.54, 1.807) is 4.57 Å². The first-order chi connectivity index (χ1) is 9.70. The van der Waals surface area contributed by atoms with E-state index in [0.717, 1.165) is 6.42 Å². The quantitative estimate of drug-likeness (QED) is 0.338. The molecular formula is C15H17LiN2O2S. The number of nitrogens with one attached hydrogen (secondary N) is 1. The normalized spacial score (nSPS) is 10.1. The maximum atomic E-state index is 11.5. The Hall–Kier alpha value is -1.12. The van der Waals surface area contributed by atoms with Crippen molar-refractivity contribution in [1.29, 1.82) is 0 Å².